The van der Waals surface area contributed by atoms with E-state index in [0.29, 0.717) is 12.2 Å². The predicted molar refractivity (Wildman–Crippen MR) is 76.1 cm³/mol. The summed E-state index contributed by atoms with van der Waals surface area (Å²) in [6.07, 6.45) is 5.53. The van der Waals surface area contributed by atoms with Crippen molar-refractivity contribution in [3.63, 3.8) is 0 Å². The number of amides is 1. The number of carbonyl (C=O) groups is 2. The van der Waals surface area contributed by atoms with Crippen LogP contribution in [0.3, 0.4) is 0 Å². The zero-order chi connectivity index (χ0) is 14.4. The van der Waals surface area contributed by atoms with Gasteiger partial charge >= 0.3 is 5.97 Å². The Morgan fingerprint density at radius 1 is 1.58 bits per heavy atom. The Labute approximate surface area is 120 Å². The van der Waals surface area contributed by atoms with Gasteiger partial charge in [0.1, 0.15) is 11.7 Å². The molecule has 5 nitrogen and oxygen atoms in total. The van der Waals surface area contributed by atoms with Gasteiger partial charge in [0.05, 0.1) is 0 Å². The fourth-order valence-corrected chi connectivity index (χ4v) is 2.12. The number of nitrogens with one attached hydrogen (secondary N) is 1. The number of halogens is 1. The SMILES string of the molecule is C/C=C/CC(NC(=O)c1cc(Br)cn1CC)C(=O)O. The maximum atomic E-state index is 12.1. The molecule has 19 heavy (non-hydrogen) atoms. The van der Waals surface area contributed by atoms with Crippen LogP contribution in [0.25, 0.3) is 0 Å². The molecule has 0 aliphatic heterocycles. The van der Waals surface area contributed by atoms with Crippen molar-refractivity contribution in [1.82, 2.24) is 9.88 Å². The molecule has 0 aliphatic carbocycles. The molecule has 1 aromatic rings. The lowest BCUT2D eigenvalue weighted by Crippen LogP contribution is -2.41. The van der Waals surface area contributed by atoms with Gasteiger partial charge in [0.25, 0.3) is 5.91 Å². The standard InChI is InChI=1S/C13H17BrN2O3/c1-3-5-6-10(13(18)19)15-12(17)11-7-9(14)8-16(11)4-2/h3,5,7-8,10H,4,6H2,1-2H3,(H,15,17)(H,18,19)/b5-3+. The van der Waals surface area contributed by atoms with Crippen molar-refractivity contribution in [3.8, 4) is 0 Å². The summed E-state index contributed by atoms with van der Waals surface area (Å²) in [6, 6.07) is 0.760. The maximum Gasteiger partial charge on any atom is 0.326 e. The zero-order valence-electron chi connectivity index (χ0n) is 10.9. The third-order valence-corrected chi connectivity index (χ3v) is 3.08. The fraction of sp³-hybridized carbons (Fsp3) is 0.385. The van der Waals surface area contributed by atoms with Gasteiger partial charge in [0, 0.05) is 17.2 Å². The Hall–Kier alpha value is -1.56. The molecule has 0 spiro atoms. The van der Waals surface area contributed by atoms with Gasteiger partial charge in [0.2, 0.25) is 0 Å². The maximum absolute atomic E-state index is 12.1. The number of allylic oxidation sites excluding steroid dienone is 1. The molecule has 0 fully saturated rings. The Morgan fingerprint density at radius 3 is 2.79 bits per heavy atom. The van der Waals surface area contributed by atoms with Gasteiger partial charge in [-0.2, -0.15) is 0 Å². The molecule has 1 atom stereocenters. The topological polar surface area (TPSA) is 71.3 Å². The van der Waals surface area contributed by atoms with Crippen molar-refractivity contribution in [2.45, 2.75) is 32.9 Å². The van der Waals surface area contributed by atoms with Crippen LogP contribution in [-0.4, -0.2) is 27.6 Å². The molecule has 1 heterocycles. The molecule has 1 unspecified atom stereocenters. The first-order valence-corrected chi connectivity index (χ1v) is 6.79. The number of aryl methyl sites for hydroxylation is 1. The van der Waals surface area contributed by atoms with E-state index in [1.807, 2.05) is 6.92 Å². The average molecular weight is 329 g/mol. The lowest BCUT2D eigenvalue weighted by Gasteiger charge is -2.13. The van der Waals surface area contributed by atoms with Crippen molar-refractivity contribution in [2.24, 2.45) is 0 Å². The lowest BCUT2D eigenvalue weighted by atomic mass is 10.2. The highest BCUT2D eigenvalue weighted by Crippen LogP contribution is 2.15. The number of nitrogens with zero attached hydrogens (tertiary/aromatic N) is 1. The summed E-state index contributed by atoms with van der Waals surface area (Å²) in [5.41, 5.74) is 0.445. The molecule has 0 saturated heterocycles. The first kappa shape index (κ1) is 15.5. The van der Waals surface area contributed by atoms with E-state index in [0.717, 1.165) is 4.47 Å². The van der Waals surface area contributed by atoms with Gasteiger partial charge in [-0.25, -0.2) is 4.79 Å². The van der Waals surface area contributed by atoms with Crippen molar-refractivity contribution in [2.75, 3.05) is 0 Å². The van der Waals surface area contributed by atoms with Crippen LogP contribution in [-0.2, 0) is 11.3 Å². The molecule has 0 bridgehead atoms. The molecule has 0 saturated carbocycles. The van der Waals surface area contributed by atoms with E-state index in [1.165, 1.54) is 0 Å². The van der Waals surface area contributed by atoms with E-state index in [1.54, 1.807) is 35.9 Å². The van der Waals surface area contributed by atoms with Crippen LogP contribution < -0.4 is 5.32 Å². The summed E-state index contributed by atoms with van der Waals surface area (Å²) in [7, 11) is 0. The van der Waals surface area contributed by atoms with E-state index in [4.69, 9.17) is 5.11 Å². The van der Waals surface area contributed by atoms with E-state index in [2.05, 4.69) is 21.2 Å². The summed E-state index contributed by atoms with van der Waals surface area (Å²) < 4.78 is 2.55. The minimum absolute atomic E-state index is 0.269. The van der Waals surface area contributed by atoms with Gasteiger partial charge in [-0.3, -0.25) is 4.79 Å². The van der Waals surface area contributed by atoms with Crippen LogP contribution in [0.2, 0.25) is 0 Å². The second-order valence-electron chi connectivity index (χ2n) is 4.00. The molecule has 0 aliphatic rings. The minimum atomic E-state index is -1.04. The molecule has 2 N–H and O–H groups in total. The molecule has 0 radical (unpaired) electrons. The smallest absolute Gasteiger partial charge is 0.326 e. The van der Waals surface area contributed by atoms with Crippen molar-refractivity contribution >= 4 is 27.8 Å². The summed E-state index contributed by atoms with van der Waals surface area (Å²) >= 11 is 3.30. The molecule has 104 valence electrons. The monoisotopic (exact) mass is 328 g/mol. The van der Waals surface area contributed by atoms with Gasteiger partial charge in [-0.05, 0) is 42.3 Å². The zero-order valence-corrected chi connectivity index (χ0v) is 12.5. The molecule has 6 heteroatoms. The minimum Gasteiger partial charge on any atom is -0.480 e. The molecular weight excluding hydrogens is 312 g/mol. The number of aromatic nitrogens is 1. The number of carboxylic acids is 1. The van der Waals surface area contributed by atoms with Crippen LogP contribution in [0, 0.1) is 0 Å². The molecule has 1 rings (SSSR count). The Morgan fingerprint density at radius 2 is 2.26 bits per heavy atom. The van der Waals surface area contributed by atoms with Crippen LogP contribution in [0.1, 0.15) is 30.8 Å². The highest BCUT2D eigenvalue weighted by atomic mass is 79.9. The van der Waals surface area contributed by atoms with Crippen molar-refractivity contribution < 1.29 is 14.7 Å². The van der Waals surface area contributed by atoms with Crippen LogP contribution in [0.5, 0.6) is 0 Å². The predicted octanol–water partition coefficient (Wildman–Crippen LogP) is 2.42. The summed E-state index contributed by atoms with van der Waals surface area (Å²) in [4.78, 5) is 23.1. The number of carbonyl (C=O) groups excluding carboxylic acids is 1. The lowest BCUT2D eigenvalue weighted by molar-refractivity contribution is -0.139. The van der Waals surface area contributed by atoms with E-state index in [-0.39, 0.29) is 12.3 Å². The number of hydrogen-bond acceptors (Lipinski definition) is 2. The molecule has 0 aromatic carbocycles. The molecule has 1 aromatic heterocycles. The van der Waals surface area contributed by atoms with Gasteiger partial charge in [-0.1, -0.05) is 12.2 Å². The van der Waals surface area contributed by atoms with Gasteiger partial charge in [0.15, 0.2) is 0 Å². The van der Waals surface area contributed by atoms with Crippen molar-refractivity contribution in [1.29, 1.82) is 0 Å². The average Bonchev–Trinajstić information content (AvgIpc) is 2.75. The third-order valence-electron chi connectivity index (χ3n) is 2.65. The second-order valence-corrected chi connectivity index (χ2v) is 4.91. The van der Waals surface area contributed by atoms with E-state index in [9.17, 15) is 9.59 Å². The third kappa shape index (κ3) is 4.24. The highest BCUT2D eigenvalue weighted by Gasteiger charge is 2.21. The first-order chi connectivity index (χ1) is 8.99. The van der Waals surface area contributed by atoms with Crippen LogP contribution in [0.15, 0.2) is 28.9 Å². The van der Waals surface area contributed by atoms with Crippen molar-refractivity contribution in [3.05, 3.63) is 34.6 Å². The quantitative estimate of drug-likeness (QED) is 0.788. The largest absolute Gasteiger partial charge is 0.480 e. The Balaban J connectivity index is 2.84. The van der Waals surface area contributed by atoms with Gasteiger partial charge in [-0.15, -0.1) is 0 Å². The van der Waals surface area contributed by atoms with E-state index >= 15 is 0 Å². The van der Waals surface area contributed by atoms with Gasteiger partial charge < -0.3 is 15.0 Å². The number of hydrogen-bond donors (Lipinski definition) is 2. The molecule has 1 amide bonds. The summed E-state index contributed by atoms with van der Waals surface area (Å²) in [6.45, 7) is 4.36. The summed E-state index contributed by atoms with van der Waals surface area (Å²) in [5, 5.41) is 11.6. The second kappa shape index (κ2) is 7.13. The number of rotatable bonds is 6. The van der Waals surface area contributed by atoms with Crippen LogP contribution in [0.4, 0.5) is 0 Å². The Bertz CT molecular complexity index is 494. The number of carboxylic acid groups (broad SMARTS) is 1. The first-order valence-electron chi connectivity index (χ1n) is 6.00. The summed E-state index contributed by atoms with van der Waals surface area (Å²) in [5.74, 6) is -1.43. The molecular formula is C13H17BrN2O3. The highest BCUT2D eigenvalue weighted by molar-refractivity contribution is 9.10. The number of aliphatic carboxylic acids is 1. The Kier molecular flexibility index (Phi) is 5.82. The fourth-order valence-electron chi connectivity index (χ4n) is 1.65. The van der Waals surface area contributed by atoms with E-state index < -0.39 is 12.0 Å². The van der Waals surface area contributed by atoms with Crippen LogP contribution >= 0.6 is 15.9 Å². The normalized spacial score (nSPS) is 12.6.